The van der Waals surface area contributed by atoms with Gasteiger partial charge in [0.1, 0.15) is 0 Å². The third-order valence-electron chi connectivity index (χ3n) is 2.43. The van der Waals surface area contributed by atoms with Gasteiger partial charge in [-0.1, -0.05) is 13.8 Å². The molecule has 4 nitrogen and oxygen atoms in total. The van der Waals surface area contributed by atoms with Gasteiger partial charge in [0.15, 0.2) is 0 Å². The van der Waals surface area contributed by atoms with E-state index in [2.05, 4.69) is 18.6 Å². The molecule has 1 aromatic rings. The van der Waals surface area contributed by atoms with Crippen LogP contribution < -0.4 is 10.5 Å². The van der Waals surface area contributed by atoms with Crippen molar-refractivity contribution in [3.63, 3.8) is 0 Å². The van der Waals surface area contributed by atoms with Crippen molar-refractivity contribution in [2.24, 2.45) is 11.7 Å². The summed E-state index contributed by atoms with van der Waals surface area (Å²) >= 11 is 1.44. The number of nitrogens with two attached hydrogens (primary N) is 1. The standard InChI is InChI=1S/C11H20N2O2S2/c1-8(2)4-5-13-17(14,15)11-6-10(7-12)16-9(11)3/h6,8,13H,4-5,7,12H2,1-3H3. The first-order valence-corrected chi connectivity index (χ1v) is 7.96. The van der Waals surface area contributed by atoms with Gasteiger partial charge in [0, 0.05) is 22.8 Å². The minimum atomic E-state index is -3.37. The Labute approximate surface area is 107 Å². The maximum absolute atomic E-state index is 12.0. The summed E-state index contributed by atoms with van der Waals surface area (Å²) in [6, 6.07) is 1.66. The minimum absolute atomic E-state index is 0.367. The molecule has 1 aromatic heterocycles. The molecule has 0 aromatic carbocycles. The average molecular weight is 276 g/mol. The maximum Gasteiger partial charge on any atom is 0.241 e. The van der Waals surface area contributed by atoms with E-state index in [-0.39, 0.29) is 0 Å². The lowest BCUT2D eigenvalue weighted by atomic mass is 10.1. The molecule has 0 radical (unpaired) electrons. The zero-order chi connectivity index (χ0) is 13.1. The summed E-state index contributed by atoms with van der Waals surface area (Å²) in [4.78, 5) is 2.06. The first kappa shape index (κ1) is 14.6. The van der Waals surface area contributed by atoms with Crippen molar-refractivity contribution >= 4 is 21.4 Å². The van der Waals surface area contributed by atoms with Crippen LogP contribution in [-0.2, 0) is 16.6 Å². The first-order valence-electron chi connectivity index (χ1n) is 5.66. The van der Waals surface area contributed by atoms with Gasteiger partial charge < -0.3 is 5.73 Å². The molecule has 1 heterocycles. The van der Waals surface area contributed by atoms with Crippen LogP contribution in [0, 0.1) is 12.8 Å². The Hall–Kier alpha value is -0.430. The Morgan fingerprint density at radius 1 is 1.47 bits per heavy atom. The Morgan fingerprint density at radius 2 is 2.12 bits per heavy atom. The largest absolute Gasteiger partial charge is 0.326 e. The van der Waals surface area contributed by atoms with Gasteiger partial charge in [-0.3, -0.25) is 0 Å². The van der Waals surface area contributed by atoms with Crippen LogP contribution in [-0.4, -0.2) is 15.0 Å². The fourth-order valence-electron chi connectivity index (χ4n) is 1.45. The number of rotatable bonds is 6. The summed E-state index contributed by atoms with van der Waals surface area (Å²) in [7, 11) is -3.37. The second-order valence-corrected chi connectivity index (χ2v) is 7.49. The van der Waals surface area contributed by atoms with Crippen LogP contribution in [0.1, 0.15) is 30.0 Å². The number of hydrogen-bond donors (Lipinski definition) is 2. The van der Waals surface area contributed by atoms with Gasteiger partial charge in [-0.05, 0) is 25.3 Å². The number of aryl methyl sites for hydroxylation is 1. The molecule has 0 aliphatic carbocycles. The van der Waals surface area contributed by atoms with Crippen LogP contribution in [0.5, 0.6) is 0 Å². The van der Waals surface area contributed by atoms with Crippen molar-refractivity contribution in [2.75, 3.05) is 6.54 Å². The first-order chi connectivity index (χ1) is 7.86. The lowest BCUT2D eigenvalue weighted by Crippen LogP contribution is -2.25. The van der Waals surface area contributed by atoms with Gasteiger partial charge in [0.2, 0.25) is 10.0 Å². The highest BCUT2D eigenvalue weighted by Crippen LogP contribution is 2.25. The van der Waals surface area contributed by atoms with Crippen LogP contribution in [0.15, 0.2) is 11.0 Å². The van der Waals surface area contributed by atoms with E-state index < -0.39 is 10.0 Å². The van der Waals surface area contributed by atoms with E-state index in [1.807, 2.05) is 0 Å². The van der Waals surface area contributed by atoms with Crippen molar-refractivity contribution in [1.29, 1.82) is 0 Å². The predicted molar refractivity (Wildman–Crippen MR) is 71.6 cm³/mol. The number of hydrogen-bond acceptors (Lipinski definition) is 4. The van der Waals surface area contributed by atoms with E-state index in [1.165, 1.54) is 11.3 Å². The number of thiophene rings is 1. The zero-order valence-corrected chi connectivity index (χ0v) is 12.1. The van der Waals surface area contributed by atoms with Crippen molar-refractivity contribution < 1.29 is 8.42 Å². The SMILES string of the molecule is Cc1sc(CN)cc1S(=O)(=O)NCCC(C)C. The third-order valence-corrected chi connectivity index (χ3v) is 5.22. The molecule has 0 fully saturated rings. The topological polar surface area (TPSA) is 72.2 Å². The molecule has 17 heavy (non-hydrogen) atoms. The van der Waals surface area contributed by atoms with E-state index in [9.17, 15) is 8.42 Å². The highest BCUT2D eigenvalue weighted by molar-refractivity contribution is 7.89. The molecule has 3 N–H and O–H groups in total. The molecule has 1 rings (SSSR count). The molecule has 0 saturated heterocycles. The summed E-state index contributed by atoms with van der Waals surface area (Å²) in [6.45, 7) is 6.80. The van der Waals surface area contributed by atoms with Crippen LogP contribution in [0.2, 0.25) is 0 Å². The normalized spacial score (nSPS) is 12.3. The molecule has 0 bridgehead atoms. The molecule has 98 valence electrons. The fourth-order valence-corrected chi connectivity index (χ4v) is 4.01. The number of sulfonamides is 1. The summed E-state index contributed by atoms with van der Waals surface area (Å²) in [6.07, 6.45) is 0.839. The van der Waals surface area contributed by atoms with Crippen LogP contribution in [0.3, 0.4) is 0 Å². The van der Waals surface area contributed by atoms with Gasteiger partial charge in [-0.25, -0.2) is 13.1 Å². The molecule has 0 spiro atoms. The molecule has 0 unspecified atom stereocenters. The van der Waals surface area contributed by atoms with Gasteiger partial charge in [-0.15, -0.1) is 11.3 Å². The lowest BCUT2D eigenvalue weighted by Gasteiger charge is -2.07. The summed E-state index contributed by atoms with van der Waals surface area (Å²) in [5, 5.41) is 0. The van der Waals surface area contributed by atoms with E-state index in [0.29, 0.717) is 23.9 Å². The molecule has 0 amide bonds. The summed E-state index contributed by atoms with van der Waals surface area (Å²) in [5.41, 5.74) is 5.51. The van der Waals surface area contributed by atoms with E-state index in [4.69, 9.17) is 5.73 Å². The average Bonchev–Trinajstić information content (AvgIpc) is 2.59. The Bertz CT molecular complexity index is 464. The summed E-state index contributed by atoms with van der Waals surface area (Å²) < 4.78 is 26.7. The van der Waals surface area contributed by atoms with Crippen molar-refractivity contribution in [3.05, 3.63) is 15.8 Å². The molecule has 0 atom stereocenters. The lowest BCUT2D eigenvalue weighted by molar-refractivity contribution is 0.551. The molecule has 6 heteroatoms. The van der Waals surface area contributed by atoms with Crippen molar-refractivity contribution in [1.82, 2.24) is 4.72 Å². The summed E-state index contributed by atoms with van der Waals surface area (Å²) in [5.74, 6) is 0.487. The third kappa shape index (κ3) is 4.06. The van der Waals surface area contributed by atoms with Gasteiger partial charge in [-0.2, -0.15) is 0 Å². The molecule has 0 saturated carbocycles. The molecule has 0 aliphatic heterocycles. The van der Waals surface area contributed by atoms with Crippen LogP contribution in [0.4, 0.5) is 0 Å². The van der Waals surface area contributed by atoms with Gasteiger partial charge >= 0.3 is 0 Å². The maximum atomic E-state index is 12.0. The second kappa shape index (κ2) is 5.95. The molecular weight excluding hydrogens is 256 g/mol. The quantitative estimate of drug-likeness (QED) is 0.832. The van der Waals surface area contributed by atoms with Crippen molar-refractivity contribution in [2.45, 2.75) is 38.6 Å². The monoisotopic (exact) mass is 276 g/mol. The molecule has 0 aliphatic rings. The van der Waals surface area contributed by atoms with E-state index in [1.54, 1.807) is 13.0 Å². The smallest absolute Gasteiger partial charge is 0.241 e. The van der Waals surface area contributed by atoms with E-state index >= 15 is 0 Å². The highest BCUT2D eigenvalue weighted by Gasteiger charge is 2.19. The van der Waals surface area contributed by atoms with Crippen LogP contribution >= 0.6 is 11.3 Å². The zero-order valence-electron chi connectivity index (χ0n) is 10.5. The fraction of sp³-hybridized carbons (Fsp3) is 0.636. The van der Waals surface area contributed by atoms with Gasteiger partial charge in [0.25, 0.3) is 0 Å². The van der Waals surface area contributed by atoms with Crippen molar-refractivity contribution in [3.8, 4) is 0 Å². The highest BCUT2D eigenvalue weighted by atomic mass is 32.2. The minimum Gasteiger partial charge on any atom is -0.326 e. The van der Waals surface area contributed by atoms with Gasteiger partial charge in [0.05, 0.1) is 4.90 Å². The molecular formula is C11H20N2O2S2. The Balaban J connectivity index is 2.78. The Morgan fingerprint density at radius 3 is 2.59 bits per heavy atom. The second-order valence-electron chi connectivity index (χ2n) is 4.42. The van der Waals surface area contributed by atoms with E-state index in [0.717, 1.165) is 16.2 Å². The van der Waals surface area contributed by atoms with Crippen LogP contribution in [0.25, 0.3) is 0 Å². The Kier molecular flexibility index (Phi) is 5.12. The predicted octanol–water partition coefficient (Wildman–Crippen LogP) is 1.84. The number of nitrogens with one attached hydrogen (secondary N) is 1.